The van der Waals surface area contributed by atoms with Gasteiger partial charge in [0.25, 0.3) is 0 Å². The summed E-state index contributed by atoms with van der Waals surface area (Å²) in [4.78, 5) is 13.4. The molecule has 0 aromatic carbocycles. The van der Waals surface area contributed by atoms with Crippen LogP contribution in [-0.4, -0.2) is 40.4 Å². The number of carbonyl (C=O) groups is 1. The van der Waals surface area contributed by atoms with Gasteiger partial charge in [-0.15, -0.1) is 0 Å². The lowest BCUT2D eigenvalue weighted by atomic mass is 9.97. The van der Waals surface area contributed by atoms with Crippen molar-refractivity contribution in [2.24, 2.45) is 5.92 Å². The van der Waals surface area contributed by atoms with Crippen LogP contribution in [0.2, 0.25) is 0 Å². The molecular weight excluding hydrogens is 206 g/mol. The highest BCUT2D eigenvalue weighted by atomic mass is 16.6. The molecule has 2 fully saturated rings. The largest absolute Gasteiger partial charge is 0.444 e. The zero-order valence-electron chi connectivity index (χ0n) is 10.3. The first kappa shape index (κ1) is 11.7. The summed E-state index contributed by atoms with van der Waals surface area (Å²) in [6.07, 6.45) is 2.58. The van der Waals surface area contributed by atoms with E-state index < -0.39 is 11.2 Å². The number of hydrogen-bond donors (Lipinski definition) is 1. The molecule has 0 aromatic heterocycles. The number of rotatable bonds is 1. The normalized spacial score (nSPS) is 30.6. The molecule has 0 aromatic rings. The standard InChI is InChI=1S/C12H21NO3/c1-11(2,3)16-10(14)13-7-6-12(15,8-13)9-4-5-9/h9,15H,4-8H2,1-3H3/t12-/m1/s1. The van der Waals surface area contributed by atoms with E-state index in [-0.39, 0.29) is 6.09 Å². The molecule has 16 heavy (non-hydrogen) atoms. The number of carbonyl (C=O) groups excluding carboxylic acids is 1. The van der Waals surface area contributed by atoms with Gasteiger partial charge >= 0.3 is 6.09 Å². The quantitative estimate of drug-likeness (QED) is 0.742. The molecule has 1 saturated carbocycles. The third-order valence-corrected chi connectivity index (χ3v) is 3.27. The number of nitrogens with zero attached hydrogens (tertiary/aromatic N) is 1. The van der Waals surface area contributed by atoms with Crippen molar-refractivity contribution in [3.05, 3.63) is 0 Å². The molecule has 1 atom stereocenters. The number of ether oxygens (including phenoxy) is 1. The van der Waals surface area contributed by atoms with Crippen LogP contribution >= 0.6 is 0 Å². The SMILES string of the molecule is CC(C)(C)OC(=O)N1CC[C@](O)(C2CC2)C1. The molecule has 0 unspecified atom stereocenters. The van der Waals surface area contributed by atoms with Gasteiger partial charge in [0.1, 0.15) is 5.60 Å². The summed E-state index contributed by atoms with van der Waals surface area (Å²) < 4.78 is 5.29. The molecule has 4 heteroatoms. The Balaban J connectivity index is 1.90. The molecular formula is C12H21NO3. The van der Waals surface area contributed by atoms with Crippen LogP contribution < -0.4 is 0 Å². The summed E-state index contributed by atoms with van der Waals surface area (Å²) in [6, 6.07) is 0. The summed E-state index contributed by atoms with van der Waals surface area (Å²) in [6.45, 7) is 6.62. The molecule has 92 valence electrons. The fourth-order valence-corrected chi connectivity index (χ4v) is 2.25. The number of β-amino-alcohol motifs (C(OH)–C–C–N with tert-alkyl or cyclic N) is 1. The van der Waals surface area contributed by atoms with E-state index in [0.717, 1.165) is 12.8 Å². The van der Waals surface area contributed by atoms with Crippen molar-refractivity contribution >= 4 is 6.09 Å². The van der Waals surface area contributed by atoms with Gasteiger partial charge in [0.05, 0.1) is 12.1 Å². The molecule has 2 aliphatic rings. The van der Waals surface area contributed by atoms with Gasteiger partial charge in [-0.3, -0.25) is 0 Å². The van der Waals surface area contributed by atoms with Crippen molar-refractivity contribution in [2.45, 2.75) is 51.2 Å². The summed E-state index contributed by atoms with van der Waals surface area (Å²) in [5.41, 5.74) is -1.10. The first-order valence-electron chi connectivity index (χ1n) is 6.00. The highest BCUT2D eigenvalue weighted by Gasteiger charge is 2.49. The Bertz CT molecular complexity index is 293. The Hall–Kier alpha value is -0.770. The Kier molecular flexibility index (Phi) is 2.65. The minimum absolute atomic E-state index is 0.302. The highest BCUT2D eigenvalue weighted by molar-refractivity contribution is 5.68. The predicted octanol–water partition coefficient (Wildman–Crippen LogP) is 1.77. The van der Waals surface area contributed by atoms with Gasteiger partial charge in [0.15, 0.2) is 0 Å². The van der Waals surface area contributed by atoms with Gasteiger partial charge in [-0.1, -0.05) is 0 Å². The second-order valence-corrected chi connectivity index (χ2v) is 6.03. The van der Waals surface area contributed by atoms with Crippen LogP contribution in [0.3, 0.4) is 0 Å². The van der Waals surface area contributed by atoms with E-state index in [4.69, 9.17) is 4.74 Å². The van der Waals surface area contributed by atoms with Crippen molar-refractivity contribution in [1.82, 2.24) is 4.90 Å². The van der Waals surface area contributed by atoms with Crippen LogP contribution in [0.5, 0.6) is 0 Å². The smallest absolute Gasteiger partial charge is 0.410 e. The molecule has 1 amide bonds. The van der Waals surface area contributed by atoms with Crippen molar-refractivity contribution in [2.75, 3.05) is 13.1 Å². The summed E-state index contributed by atoms with van der Waals surface area (Å²) in [7, 11) is 0. The van der Waals surface area contributed by atoms with E-state index in [2.05, 4.69) is 0 Å². The van der Waals surface area contributed by atoms with Crippen molar-refractivity contribution in [1.29, 1.82) is 0 Å². The fraction of sp³-hybridized carbons (Fsp3) is 0.917. The van der Waals surface area contributed by atoms with E-state index in [1.54, 1.807) is 4.90 Å². The van der Waals surface area contributed by atoms with E-state index >= 15 is 0 Å². The third-order valence-electron chi connectivity index (χ3n) is 3.27. The van der Waals surface area contributed by atoms with Gasteiger partial charge in [0, 0.05) is 6.54 Å². The van der Waals surface area contributed by atoms with E-state index in [9.17, 15) is 9.90 Å². The third kappa shape index (κ3) is 2.48. The van der Waals surface area contributed by atoms with Crippen LogP contribution in [0.15, 0.2) is 0 Å². The van der Waals surface area contributed by atoms with Crippen LogP contribution in [0.1, 0.15) is 40.0 Å². The van der Waals surface area contributed by atoms with Crippen molar-refractivity contribution in [3.8, 4) is 0 Å². The van der Waals surface area contributed by atoms with Crippen molar-refractivity contribution < 1.29 is 14.6 Å². The molecule has 2 rings (SSSR count). The minimum atomic E-state index is -0.642. The van der Waals surface area contributed by atoms with E-state index in [1.165, 1.54) is 0 Å². The lowest BCUT2D eigenvalue weighted by molar-refractivity contribution is 0.00710. The number of hydrogen-bond acceptors (Lipinski definition) is 3. The average molecular weight is 227 g/mol. The van der Waals surface area contributed by atoms with Crippen molar-refractivity contribution in [3.63, 3.8) is 0 Å². The maximum atomic E-state index is 11.8. The Morgan fingerprint density at radius 2 is 2.06 bits per heavy atom. The predicted molar refractivity (Wildman–Crippen MR) is 60.1 cm³/mol. The zero-order valence-corrected chi connectivity index (χ0v) is 10.3. The maximum Gasteiger partial charge on any atom is 0.410 e. The Morgan fingerprint density at radius 1 is 1.44 bits per heavy atom. The van der Waals surface area contributed by atoms with Crippen LogP contribution in [-0.2, 0) is 4.74 Å². The Morgan fingerprint density at radius 3 is 2.56 bits per heavy atom. The molecule has 0 radical (unpaired) electrons. The first-order valence-corrected chi connectivity index (χ1v) is 6.00. The molecule has 1 N–H and O–H groups in total. The van der Waals surface area contributed by atoms with Gasteiger partial charge in [0.2, 0.25) is 0 Å². The second-order valence-electron chi connectivity index (χ2n) is 6.03. The van der Waals surface area contributed by atoms with Crippen LogP contribution in [0.4, 0.5) is 4.79 Å². The molecule has 1 aliphatic carbocycles. The Labute approximate surface area is 96.6 Å². The van der Waals surface area contributed by atoms with E-state index in [1.807, 2.05) is 20.8 Å². The number of amides is 1. The monoisotopic (exact) mass is 227 g/mol. The molecule has 4 nitrogen and oxygen atoms in total. The lowest BCUT2D eigenvalue weighted by Gasteiger charge is -2.26. The summed E-state index contributed by atoms with van der Waals surface area (Å²) >= 11 is 0. The topological polar surface area (TPSA) is 49.8 Å². The lowest BCUT2D eigenvalue weighted by Crippen LogP contribution is -2.40. The molecule has 1 heterocycles. The zero-order chi connectivity index (χ0) is 12.0. The number of aliphatic hydroxyl groups is 1. The molecule has 1 saturated heterocycles. The average Bonchev–Trinajstić information content (AvgIpc) is 2.88. The molecule has 1 aliphatic heterocycles. The maximum absolute atomic E-state index is 11.8. The first-order chi connectivity index (χ1) is 7.30. The second kappa shape index (κ2) is 3.62. The number of likely N-dealkylation sites (tertiary alicyclic amines) is 1. The molecule has 0 bridgehead atoms. The fourth-order valence-electron chi connectivity index (χ4n) is 2.25. The van der Waals surface area contributed by atoms with E-state index in [0.29, 0.717) is 25.4 Å². The van der Waals surface area contributed by atoms with Gasteiger partial charge in [-0.2, -0.15) is 0 Å². The highest BCUT2D eigenvalue weighted by Crippen LogP contribution is 2.44. The minimum Gasteiger partial charge on any atom is -0.444 e. The summed E-state index contributed by atoms with van der Waals surface area (Å²) in [5.74, 6) is 0.403. The van der Waals surface area contributed by atoms with Gasteiger partial charge in [-0.05, 0) is 46.0 Å². The van der Waals surface area contributed by atoms with Crippen LogP contribution in [0.25, 0.3) is 0 Å². The molecule has 0 spiro atoms. The van der Waals surface area contributed by atoms with Gasteiger partial charge < -0.3 is 14.7 Å². The summed E-state index contributed by atoms with van der Waals surface area (Å²) in [5, 5.41) is 10.3. The van der Waals surface area contributed by atoms with Gasteiger partial charge in [-0.25, -0.2) is 4.79 Å². The van der Waals surface area contributed by atoms with Crippen LogP contribution in [0, 0.1) is 5.92 Å².